The Morgan fingerprint density at radius 2 is 1.61 bits per heavy atom. The molecule has 1 atom stereocenters. The fourth-order valence-electron chi connectivity index (χ4n) is 2.91. The van der Waals surface area contributed by atoms with Gasteiger partial charge in [0.25, 0.3) is 0 Å². The maximum atomic E-state index is 13.3. The minimum absolute atomic E-state index is 0.0652. The number of pyridine rings is 1. The van der Waals surface area contributed by atoms with E-state index in [1.807, 2.05) is 24.3 Å². The zero-order valence-electron chi connectivity index (χ0n) is 14.6. The summed E-state index contributed by atoms with van der Waals surface area (Å²) < 4.78 is 35.1. The van der Waals surface area contributed by atoms with E-state index in [2.05, 4.69) is 15.3 Å². The van der Waals surface area contributed by atoms with Gasteiger partial charge in [-0.1, -0.05) is 17.3 Å². The van der Waals surface area contributed by atoms with Crippen LogP contribution < -0.4 is 0 Å². The predicted molar refractivity (Wildman–Crippen MR) is 104 cm³/mol. The monoisotopic (exact) mass is 394 g/mol. The predicted octanol–water partition coefficient (Wildman–Crippen LogP) is 3.86. The number of halogens is 1. The maximum Gasteiger partial charge on any atom is 0.157 e. The molecule has 2 aromatic heterocycles. The van der Waals surface area contributed by atoms with Crippen LogP contribution in [0.3, 0.4) is 0 Å². The van der Waals surface area contributed by atoms with Crippen LogP contribution >= 0.6 is 0 Å². The topological polar surface area (TPSA) is 80.9 Å². The Hall–Kier alpha value is -3.23. The minimum Gasteiger partial charge on any atom is -0.306 e. The molecule has 4 rings (SSSR count). The highest BCUT2D eigenvalue weighted by molar-refractivity contribution is 7.78. The molecule has 0 fully saturated rings. The standard InChI is InChI=1S/C20H15FN4O2S/c21-17-5-3-15(4-6-17)19-20(16-9-11-22-12-10-16)25(24-23-19)18-7-1-14(2-8-18)13-28(26)27/h1-12H,13H2,(H,26,27). The molecule has 28 heavy (non-hydrogen) atoms. The molecule has 8 heteroatoms. The van der Waals surface area contributed by atoms with Gasteiger partial charge in [0.05, 0.1) is 11.4 Å². The maximum absolute atomic E-state index is 13.3. The van der Waals surface area contributed by atoms with Crippen molar-refractivity contribution in [1.82, 2.24) is 20.0 Å². The quantitative estimate of drug-likeness (QED) is 0.520. The molecular formula is C20H15FN4O2S. The number of hydrogen-bond donors (Lipinski definition) is 1. The van der Waals surface area contributed by atoms with Gasteiger partial charge in [0.15, 0.2) is 11.1 Å². The summed E-state index contributed by atoms with van der Waals surface area (Å²) in [6, 6.07) is 17.0. The molecule has 0 aliphatic heterocycles. The van der Waals surface area contributed by atoms with Crippen molar-refractivity contribution in [3.63, 3.8) is 0 Å². The number of aromatic nitrogens is 4. The highest BCUT2D eigenvalue weighted by atomic mass is 32.2. The molecule has 0 amide bonds. The first-order valence-electron chi connectivity index (χ1n) is 8.40. The summed E-state index contributed by atoms with van der Waals surface area (Å²) in [6.07, 6.45) is 3.36. The molecular weight excluding hydrogens is 379 g/mol. The third-order valence-corrected chi connectivity index (χ3v) is 4.79. The van der Waals surface area contributed by atoms with Crippen LogP contribution in [0, 0.1) is 5.82 Å². The molecule has 4 aromatic rings. The molecule has 1 N–H and O–H groups in total. The van der Waals surface area contributed by atoms with Crippen LogP contribution in [0.5, 0.6) is 0 Å². The van der Waals surface area contributed by atoms with E-state index in [1.54, 1.807) is 41.3 Å². The SMILES string of the molecule is O=S(O)Cc1ccc(-n2nnc(-c3ccc(F)cc3)c2-c2ccncc2)cc1. The fraction of sp³-hybridized carbons (Fsp3) is 0.0500. The lowest BCUT2D eigenvalue weighted by Gasteiger charge is -2.09. The number of hydrogen-bond acceptors (Lipinski definition) is 4. The lowest BCUT2D eigenvalue weighted by Crippen LogP contribution is -2.01. The summed E-state index contributed by atoms with van der Waals surface area (Å²) in [5, 5.41) is 8.62. The van der Waals surface area contributed by atoms with Gasteiger partial charge in [0.1, 0.15) is 17.2 Å². The zero-order valence-corrected chi connectivity index (χ0v) is 15.4. The fourth-order valence-corrected chi connectivity index (χ4v) is 3.39. The van der Waals surface area contributed by atoms with E-state index in [0.717, 1.165) is 28.1 Å². The Morgan fingerprint density at radius 3 is 2.25 bits per heavy atom. The van der Waals surface area contributed by atoms with E-state index >= 15 is 0 Å². The van der Waals surface area contributed by atoms with Gasteiger partial charge in [0, 0.05) is 23.5 Å². The van der Waals surface area contributed by atoms with E-state index in [-0.39, 0.29) is 11.6 Å². The van der Waals surface area contributed by atoms with Crippen LogP contribution in [0.15, 0.2) is 73.1 Å². The van der Waals surface area contributed by atoms with Crippen molar-refractivity contribution in [3.8, 4) is 28.2 Å². The number of nitrogens with zero attached hydrogens (tertiary/aromatic N) is 4. The summed E-state index contributed by atoms with van der Waals surface area (Å²) in [7, 11) is 0. The lowest BCUT2D eigenvalue weighted by molar-refractivity contribution is 0.563. The second kappa shape index (κ2) is 7.79. The van der Waals surface area contributed by atoms with E-state index in [4.69, 9.17) is 4.55 Å². The molecule has 0 saturated heterocycles. The van der Waals surface area contributed by atoms with Crippen LogP contribution in [-0.2, 0) is 16.8 Å². The number of benzene rings is 2. The number of rotatable bonds is 5. The molecule has 1 unspecified atom stereocenters. The van der Waals surface area contributed by atoms with Gasteiger partial charge in [0.2, 0.25) is 0 Å². The molecule has 140 valence electrons. The Bertz CT molecular complexity index is 1110. The summed E-state index contributed by atoms with van der Waals surface area (Å²) in [5.74, 6) is -0.256. The van der Waals surface area contributed by atoms with Gasteiger partial charge < -0.3 is 4.55 Å². The Kier molecular flexibility index (Phi) is 5.05. The normalized spacial score (nSPS) is 12.1. The average Bonchev–Trinajstić information content (AvgIpc) is 3.14. The van der Waals surface area contributed by atoms with Crippen LogP contribution in [0.2, 0.25) is 0 Å². The van der Waals surface area contributed by atoms with Crippen LogP contribution in [-0.4, -0.2) is 28.7 Å². The smallest absolute Gasteiger partial charge is 0.157 e. The molecule has 6 nitrogen and oxygen atoms in total. The van der Waals surface area contributed by atoms with Crippen LogP contribution in [0.1, 0.15) is 5.56 Å². The first-order chi connectivity index (χ1) is 13.6. The van der Waals surface area contributed by atoms with Gasteiger partial charge in [-0.15, -0.1) is 5.10 Å². The lowest BCUT2D eigenvalue weighted by atomic mass is 10.1. The summed E-state index contributed by atoms with van der Waals surface area (Å²) in [5.41, 5.74) is 4.46. The summed E-state index contributed by atoms with van der Waals surface area (Å²) in [4.78, 5) is 4.06. The Morgan fingerprint density at radius 1 is 0.929 bits per heavy atom. The average molecular weight is 394 g/mol. The second-order valence-corrected chi connectivity index (χ2v) is 7.01. The molecule has 0 aliphatic carbocycles. The van der Waals surface area contributed by atoms with Crippen molar-refractivity contribution in [3.05, 3.63) is 84.4 Å². The van der Waals surface area contributed by atoms with Crippen molar-refractivity contribution in [2.75, 3.05) is 0 Å². The first-order valence-corrected chi connectivity index (χ1v) is 9.68. The van der Waals surface area contributed by atoms with Crippen molar-refractivity contribution >= 4 is 11.1 Å². The molecule has 2 aromatic carbocycles. The summed E-state index contributed by atoms with van der Waals surface area (Å²) >= 11 is -1.90. The minimum atomic E-state index is -1.90. The van der Waals surface area contributed by atoms with Crippen molar-refractivity contribution in [2.24, 2.45) is 0 Å². The molecule has 0 spiro atoms. The largest absolute Gasteiger partial charge is 0.306 e. The molecule has 0 radical (unpaired) electrons. The molecule has 0 bridgehead atoms. The highest BCUT2D eigenvalue weighted by Gasteiger charge is 2.18. The first kappa shape index (κ1) is 18.1. The van der Waals surface area contributed by atoms with E-state index in [0.29, 0.717) is 5.69 Å². The van der Waals surface area contributed by atoms with Crippen LogP contribution in [0.4, 0.5) is 4.39 Å². The van der Waals surface area contributed by atoms with Crippen molar-refractivity contribution in [1.29, 1.82) is 0 Å². The van der Waals surface area contributed by atoms with E-state index in [1.165, 1.54) is 12.1 Å². The summed E-state index contributed by atoms with van der Waals surface area (Å²) in [6.45, 7) is 0. The van der Waals surface area contributed by atoms with Crippen LogP contribution in [0.25, 0.3) is 28.2 Å². The molecule has 2 heterocycles. The second-order valence-electron chi connectivity index (χ2n) is 6.07. The van der Waals surface area contributed by atoms with Gasteiger partial charge in [-0.05, 0) is 54.1 Å². The third kappa shape index (κ3) is 3.73. The Balaban J connectivity index is 1.84. The van der Waals surface area contributed by atoms with Gasteiger partial charge in [-0.25, -0.2) is 13.3 Å². The third-order valence-electron chi connectivity index (χ3n) is 4.21. The van der Waals surface area contributed by atoms with Gasteiger partial charge >= 0.3 is 0 Å². The van der Waals surface area contributed by atoms with E-state index < -0.39 is 11.1 Å². The molecule has 0 saturated carbocycles. The Labute approximate surface area is 163 Å². The van der Waals surface area contributed by atoms with Gasteiger partial charge in [-0.3, -0.25) is 4.98 Å². The van der Waals surface area contributed by atoms with Gasteiger partial charge in [-0.2, -0.15) is 0 Å². The van der Waals surface area contributed by atoms with Crippen molar-refractivity contribution < 1.29 is 13.2 Å². The van der Waals surface area contributed by atoms with E-state index in [9.17, 15) is 8.60 Å². The zero-order chi connectivity index (χ0) is 19.5. The molecule has 0 aliphatic rings. The van der Waals surface area contributed by atoms with Crippen molar-refractivity contribution in [2.45, 2.75) is 5.75 Å². The highest BCUT2D eigenvalue weighted by Crippen LogP contribution is 2.32.